The van der Waals surface area contributed by atoms with Gasteiger partial charge >= 0.3 is 19.4 Å². The van der Waals surface area contributed by atoms with E-state index in [1.54, 1.807) is 20.8 Å². The van der Waals surface area contributed by atoms with Crippen molar-refractivity contribution in [1.29, 1.82) is 0 Å². The Bertz CT molecular complexity index is 845. The van der Waals surface area contributed by atoms with E-state index in [1.807, 2.05) is 27.7 Å². The number of benzene rings is 1. The summed E-state index contributed by atoms with van der Waals surface area (Å²) in [6.45, 7) is 12.5. The maximum absolute atomic E-state index is 13.2. The van der Waals surface area contributed by atoms with Gasteiger partial charge in [-0.2, -0.15) is 13.2 Å². The molecule has 0 unspecified atom stereocenters. The molecule has 1 aromatic rings. The Labute approximate surface area is 181 Å². The smallest absolute Gasteiger partial charge is 0.444 e. The third-order valence-electron chi connectivity index (χ3n) is 5.05. The molecule has 0 saturated carbocycles. The summed E-state index contributed by atoms with van der Waals surface area (Å²) in [5.74, 6) is 0. The summed E-state index contributed by atoms with van der Waals surface area (Å²) in [6.07, 6.45) is -3.74. The fourth-order valence-corrected chi connectivity index (χ4v) is 2.82. The molecule has 0 aromatic heterocycles. The molecule has 1 aromatic carbocycles. The molecular weight excluding hydrogens is 412 g/mol. The number of nitrogens with one attached hydrogen (secondary N) is 1. The average Bonchev–Trinajstić information content (AvgIpc) is 2.76. The first-order valence-corrected chi connectivity index (χ1v) is 9.90. The first-order valence-electron chi connectivity index (χ1n) is 9.90. The van der Waals surface area contributed by atoms with Crippen LogP contribution in [0.2, 0.25) is 0 Å². The molecule has 10 heteroatoms. The Hall–Kier alpha value is -2.20. The van der Waals surface area contributed by atoms with Crippen molar-refractivity contribution in [2.24, 2.45) is 0 Å². The Kier molecular flexibility index (Phi) is 6.78. The predicted molar refractivity (Wildman–Crippen MR) is 114 cm³/mol. The first-order chi connectivity index (χ1) is 13.9. The maximum Gasteiger partial charge on any atom is 0.492 e. The highest BCUT2D eigenvalue weighted by molar-refractivity contribution is 6.56. The molecule has 1 fully saturated rings. The van der Waals surface area contributed by atoms with Crippen molar-refractivity contribution in [2.45, 2.75) is 71.4 Å². The van der Waals surface area contributed by atoms with E-state index in [4.69, 9.17) is 19.8 Å². The molecule has 1 aliphatic heterocycles. The highest BCUT2D eigenvalue weighted by atomic mass is 19.4. The minimum absolute atomic E-state index is 0.0329. The van der Waals surface area contributed by atoms with Crippen LogP contribution >= 0.6 is 0 Å². The second-order valence-electron chi connectivity index (χ2n) is 9.55. The van der Waals surface area contributed by atoms with Gasteiger partial charge in [0, 0.05) is 12.2 Å². The summed E-state index contributed by atoms with van der Waals surface area (Å²) in [5, 5.41) is 2.61. The number of alkyl carbamates (subject to hydrolysis) is 1. The van der Waals surface area contributed by atoms with Gasteiger partial charge in [0.25, 0.3) is 0 Å². The molecule has 1 amide bonds. The zero-order valence-corrected chi connectivity index (χ0v) is 18.9. The summed E-state index contributed by atoms with van der Waals surface area (Å²) >= 11 is 0. The molecular formula is C21H30BF3N2O4. The standard InChI is InChI=1S/C21H30BF3N2O4/c1-18(2,3)29-17(28)27-12-15(22-30-19(4,5)20(6,7)31-22)9-13-8-14(21(23,24)25)11-16(26)10-13/h8-11H,12,26H2,1-7H3,(H,27,28). The van der Waals surface area contributed by atoms with E-state index in [1.165, 1.54) is 12.1 Å². The van der Waals surface area contributed by atoms with Crippen LogP contribution < -0.4 is 11.1 Å². The zero-order chi connectivity index (χ0) is 23.8. The highest BCUT2D eigenvalue weighted by Crippen LogP contribution is 2.39. The number of rotatable bonds is 4. The Balaban J connectivity index is 2.39. The summed E-state index contributed by atoms with van der Waals surface area (Å²) in [6, 6.07) is 3.26. The van der Waals surface area contributed by atoms with Gasteiger partial charge in [0.05, 0.1) is 16.8 Å². The molecule has 0 atom stereocenters. The van der Waals surface area contributed by atoms with Crippen LogP contribution in [0, 0.1) is 0 Å². The van der Waals surface area contributed by atoms with Crippen LogP contribution in [0.4, 0.5) is 23.7 Å². The molecule has 1 saturated heterocycles. The van der Waals surface area contributed by atoms with Crippen LogP contribution in [0.15, 0.2) is 23.7 Å². The number of alkyl halides is 3. The van der Waals surface area contributed by atoms with Crippen LogP contribution in [0.3, 0.4) is 0 Å². The second-order valence-corrected chi connectivity index (χ2v) is 9.55. The number of anilines is 1. The summed E-state index contributed by atoms with van der Waals surface area (Å²) in [7, 11) is -0.879. The van der Waals surface area contributed by atoms with Crippen molar-refractivity contribution in [3.63, 3.8) is 0 Å². The minimum Gasteiger partial charge on any atom is -0.444 e. The molecule has 2 rings (SSSR count). The number of halogens is 3. The Morgan fingerprint density at radius 1 is 1.13 bits per heavy atom. The fraction of sp³-hybridized carbons (Fsp3) is 0.571. The molecule has 1 aliphatic rings. The Morgan fingerprint density at radius 3 is 2.16 bits per heavy atom. The first kappa shape index (κ1) is 25.1. The highest BCUT2D eigenvalue weighted by Gasteiger charge is 2.52. The molecule has 1 heterocycles. The van der Waals surface area contributed by atoms with Gasteiger partial charge in [-0.25, -0.2) is 4.79 Å². The largest absolute Gasteiger partial charge is 0.492 e. The summed E-state index contributed by atoms with van der Waals surface area (Å²) in [4.78, 5) is 12.1. The van der Waals surface area contributed by atoms with Crippen molar-refractivity contribution in [1.82, 2.24) is 5.32 Å². The number of nitrogen functional groups attached to an aromatic ring is 1. The summed E-state index contributed by atoms with van der Waals surface area (Å²) in [5.41, 5.74) is 3.37. The average molecular weight is 442 g/mol. The van der Waals surface area contributed by atoms with Gasteiger partial charge in [-0.15, -0.1) is 0 Å². The summed E-state index contributed by atoms with van der Waals surface area (Å²) < 4.78 is 56.9. The van der Waals surface area contributed by atoms with E-state index in [2.05, 4.69) is 5.32 Å². The van der Waals surface area contributed by atoms with Crippen LogP contribution in [0.5, 0.6) is 0 Å². The quantitative estimate of drug-likeness (QED) is 0.516. The lowest BCUT2D eigenvalue weighted by atomic mass is 9.77. The minimum atomic E-state index is -4.54. The number of ether oxygens (including phenoxy) is 1. The fourth-order valence-electron chi connectivity index (χ4n) is 2.82. The third kappa shape index (κ3) is 6.64. The van der Waals surface area contributed by atoms with Gasteiger partial charge in [0.1, 0.15) is 5.60 Å². The van der Waals surface area contributed by atoms with Gasteiger partial charge in [-0.05, 0) is 77.7 Å². The number of carbonyl (C=O) groups excluding carboxylic acids is 1. The number of nitrogens with two attached hydrogens (primary N) is 1. The molecule has 31 heavy (non-hydrogen) atoms. The molecule has 0 radical (unpaired) electrons. The molecule has 6 nitrogen and oxygen atoms in total. The van der Waals surface area contributed by atoms with Crippen LogP contribution in [0.1, 0.15) is 59.6 Å². The van der Waals surface area contributed by atoms with E-state index in [0.717, 1.165) is 12.1 Å². The van der Waals surface area contributed by atoms with Crippen molar-refractivity contribution in [3.05, 3.63) is 34.8 Å². The second kappa shape index (κ2) is 8.39. The number of hydrogen-bond acceptors (Lipinski definition) is 5. The van der Waals surface area contributed by atoms with Crippen molar-refractivity contribution in [3.8, 4) is 0 Å². The van der Waals surface area contributed by atoms with E-state index in [-0.39, 0.29) is 17.8 Å². The molecule has 0 aliphatic carbocycles. The normalized spacial score (nSPS) is 18.8. The SMILES string of the molecule is CC(C)(C)OC(=O)NCC(=Cc1cc(N)cc(C(F)(F)F)c1)B1OC(C)(C)C(C)(C)O1. The van der Waals surface area contributed by atoms with E-state index in [9.17, 15) is 18.0 Å². The Morgan fingerprint density at radius 2 is 1.68 bits per heavy atom. The third-order valence-corrected chi connectivity index (χ3v) is 5.05. The van der Waals surface area contributed by atoms with E-state index < -0.39 is 41.8 Å². The van der Waals surface area contributed by atoms with Crippen LogP contribution in [-0.4, -0.2) is 36.6 Å². The van der Waals surface area contributed by atoms with Crippen molar-refractivity contribution < 1.29 is 32.0 Å². The van der Waals surface area contributed by atoms with Gasteiger partial charge in [-0.1, -0.05) is 6.08 Å². The number of hydrogen-bond donors (Lipinski definition) is 2. The molecule has 172 valence electrons. The molecule has 0 bridgehead atoms. The van der Waals surface area contributed by atoms with E-state index >= 15 is 0 Å². The van der Waals surface area contributed by atoms with Gasteiger partial charge in [0.15, 0.2) is 0 Å². The van der Waals surface area contributed by atoms with Crippen LogP contribution in [-0.2, 0) is 20.2 Å². The van der Waals surface area contributed by atoms with E-state index in [0.29, 0.717) is 5.47 Å². The van der Waals surface area contributed by atoms with Crippen LogP contribution in [0.25, 0.3) is 6.08 Å². The number of amides is 1. The number of carbonyl (C=O) groups is 1. The molecule has 0 spiro atoms. The van der Waals surface area contributed by atoms with Gasteiger partial charge in [0.2, 0.25) is 0 Å². The lowest BCUT2D eigenvalue weighted by Gasteiger charge is -2.32. The topological polar surface area (TPSA) is 82.8 Å². The lowest BCUT2D eigenvalue weighted by Crippen LogP contribution is -2.41. The lowest BCUT2D eigenvalue weighted by molar-refractivity contribution is -0.137. The van der Waals surface area contributed by atoms with Crippen molar-refractivity contribution in [2.75, 3.05) is 12.3 Å². The predicted octanol–water partition coefficient (Wildman–Crippen LogP) is 4.83. The van der Waals surface area contributed by atoms with Crippen molar-refractivity contribution >= 4 is 25.0 Å². The molecule has 3 N–H and O–H groups in total. The zero-order valence-electron chi connectivity index (χ0n) is 18.9. The maximum atomic E-state index is 13.2. The monoisotopic (exact) mass is 442 g/mol. The van der Waals surface area contributed by atoms with Gasteiger partial charge < -0.3 is 25.1 Å². The van der Waals surface area contributed by atoms with Gasteiger partial charge in [-0.3, -0.25) is 0 Å².